The standard InChI is InChI=1S/C47H52N8O6/c1-22(2)36(52-46(58)60-7)44(56)54-18-17-24(5)40(54)42-48-33-15-11-28-19-26(9-13-30(28)38(33)50-42)27-10-14-31-29(20-27)12-16-34-39(31)51-43(49-34)41-35-25(6)32(35)21-55(41)45(57)37(23(3)4)53-47(59)61-8/h9-16,19-20,22-23,25,32,35-37,40-41H,5,17-18,21H2,1-4,6-8H3,(H,48,50)(H,49,51)(H,52,58)(H,53,59)/t25?,32?,35-,36+,37+,40+,41+/m1/s1. The molecule has 14 heteroatoms. The van der Waals surface area contributed by atoms with Crippen LogP contribution in [0, 0.1) is 29.6 Å². The topological polar surface area (TPSA) is 175 Å². The van der Waals surface area contributed by atoms with Crippen molar-refractivity contribution in [3.05, 3.63) is 84.5 Å². The number of alkyl carbamates (subject to hydrolysis) is 2. The third-order valence-corrected chi connectivity index (χ3v) is 13.3. The van der Waals surface area contributed by atoms with E-state index < -0.39 is 30.3 Å². The predicted molar refractivity (Wildman–Crippen MR) is 233 cm³/mol. The number of hydrogen-bond donors (Lipinski definition) is 4. The zero-order valence-corrected chi connectivity index (χ0v) is 35.5. The van der Waals surface area contributed by atoms with Crippen molar-refractivity contribution < 1.29 is 28.7 Å². The van der Waals surface area contributed by atoms with Gasteiger partial charge in [-0.15, -0.1) is 0 Å². The molecule has 14 nitrogen and oxygen atoms in total. The summed E-state index contributed by atoms with van der Waals surface area (Å²) >= 11 is 0. The fourth-order valence-electron chi connectivity index (χ4n) is 9.85. The number of H-pyrrole nitrogens is 2. The predicted octanol–water partition coefficient (Wildman–Crippen LogP) is 7.77. The minimum atomic E-state index is -0.751. The van der Waals surface area contributed by atoms with Crippen molar-refractivity contribution in [3.63, 3.8) is 0 Å². The Labute approximate surface area is 353 Å². The van der Waals surface area contributed by atoms with Crippen LogP contribution in [0.4, 0.5) is 9.59 Å². The van der Waals surface area contributed by atoms with Crippen molar-refractivity contribution >= 4 is 67.6 Å². The number of benzene rings is 4. The van der Waals surface area contributed by atoms with Gasteiger partial charge in [-0.2, -0.15) is 0 Å². The lowest BCUT2D eigenvalue weighted by molar-refractivity contribution is -0.136. The second kappa shape index (κ2) is 15.2. The molecule has 2 aliphatic heterocycles. The quantitative estimate of drug-likeness (QED) is 0.107. The molecule has 0 radical (unpaired) electrons. The number of carbonyl (C=O) groups is 4. The second-order valence-corrected chi connectivity index (χ2v) is 17.6. The van der Waals surface area contributed by atoms with Crippen molar-refractivity contribution in [3.8, 4) is 11.1 Å². The molecule has 6 aromatic rings. The Kier molecular flexibility index (Phi) is 9.99. The number of likely N-dealkylation sites (tertiary alicyclic amines) is 2. The molecule has 4 N–H and O–H groups in total. The molecule has 1 saturated carbocycles. The van der Waals surface area contributed by atoms with Gasteiger partial charge in [0.25, 0.3) is 0 Å². The molecule has 2 saturated heterocycles. The third kappa shape index (κ3) is 6.81. The lowest BCUT2D eigenvalue weighted by Gasteiger charge is -2.32. The normalized spacial score (nSPS) is 22.0. The number of hydrogen-bond acceptors (Lipinski definition) is 8. The number of amides is 4. The van der Waals surface area contributed by atoms with Crippen LogP contribution in [-0.2, 0) is 19.1 Å². The summed E-state index contributed by atoms with van der Waals surface area (Å²) in [5.74, 6) is 2.00. The molecular weight excluding hydrogens is 773 g/mol. The van der Waals surface area contributed by atoms with Crippen molar-refractivity contribution in [1.82, 2.24) is 40.4 Å². The molecule has 0 bridgehead atoms. The highest BCUT2D eigenvalue weighted by Crippen LogP contribution is 2.60. The van der Waals surface area contributed by atoms with Crippen LogP contribution in [0.2, 0.25) is 0 Å². The Bertz CT molecular complexity index is 2770. The fourth-order valence-corrected chi connectivity index (χ4v) is 9.85. The molecule has 1 aliphatic carbocycles. The van der Waals surface area contributed by atoms with Crippen molar-refractivity contribution in [1.29, 1.82) is 0 Å². The minimum Gasteiger partial charge on any atom is -0.453 e. The lowest BCUT2D eigenvalue weighted by atomic mass is 9.98. The van der Waals surface area contributed by atoms with E-state index in [1.165, 1.54) is 14.2 Å². The largest absolute Gasteiger partial charge is 0.453 e. The van der Waals surface area contributed by atoms with Crippen LogP contribution in [0.3, 0.4) is 0 Å². The highest BCUT2D eigenvalue weighted by atomic mass is 16.5. The van der Waals surface area contributed by atoms with Crippen molar-refractivity contribution in [2.45, 2.75) is 65.2 Å². The molecule has 7 atom stereocenters. The molecule has 4 heterocycles. The second-order valence-electron chi connectivity index (χ2n) is 17.6. The lowest BCUT2D eigenvalue weighted by Crippen LogP contribution is -2.52. The van der Waals surface area contributed by atoms with E-state index >= 15 is 0 Å². The maximum atomic E-state index is 14.0. The van der Waals surface area contributed by atoms with Crippen molar-refractivity contribution in [2.24, 2.45) is 29.6 Å². The van der Waals surface area contributed by atoms with E-state index in [2.05, 4.69) is 88.7 Å². The molecular formula is C47H52N8O6. The van der Waals surface area contributed by atoms with Gasteiger partial charge in [0.1, 0.15) is 29.8 Å². The summed E-state index contributed by atoms with van der Waals surface area (Å²) in [4.78, 5) is 73.1. The SMILES string of the molecule is C=C1CCN(C(=O)[C@@H](NC(=O)OC)C(C)C)[C@@H]1c1nc2c(ccc3cc(-c4ccc5c(ccc6[nH]c([C@@H]7[C@@H]8C(C)C8CN7C(=O)[C@@H](NC(=O)OC)C(C)C)nc65)c4)ccc32)[nH]1. The number of rotatable bonds is 9. The first-order valence-electron chi connectivity index (χ1n) is 21.1. The summed E-state index contributed by atoms with van der Waals surface area (Å²) in [5, 5.41) is 9.54. The maximum absolute atomic E-state index is 14.0. The number of aromatic amines is 2. The van der Waals surface area contributed by atoms with Gasteiger partial charge >= 0.3 is 12.2 Å². The number of methoxy groups -OCH3 is 2. The van der Waals surface area contributed by atoms with E-state index in [0.717, 1.165) is 66.1 Å². The van der Waals surface area contributed by atoms with Crippen LogP contribution < -0.4 is 10.6 Å². The van der Waals surface area contributed by atoms with Gasteiger partial charge in [-0.3, -0.25) is 9.59 Å². The monoisotopic (exact) mass is 824 g/mol. The zero-order chi connectivity index (χ0) is 43.0. The number of imidazole rings is 2. The molecule has 3 fully saturated rings. The number of fused-ring (bicyclic) bond motifs is 7. The van der Waals surface area contributed by atoms with Crippen LogP contribution in [0.1, 0.15) is 64.8 Å². The Balaban J connectivity index is 0.996. The smallest absolute Gasteiger partial charge is 0.407 e. The van der Waals surface area contributed by atoms with Gasteiger partial charge in [0.05, 0.1) is 42.3 Å². The van der Waals surface area contributed by atoms with Gasteiger partial charge in [-0.25, -0.2) is 19.6 Å². The van der Waals surface area contributed by atoms with E-state index in [0.29, 0.717) is 43.1 Å². The Morgan fingerprint density at radius 1 is 0.738 bits per heavy atom. The van der Waals surface area contributed by atoms with E-state index in [1.807, 2.05) is 38.7 Å². The van der Waals surface area contributed by atoms with E-state index in [1.54, 1.807) is 4.90 Å². The Morgan fingerprint density at radius 2 is 1.25 bits per heavy atom. The summed E-state index contributed by atoms with van der Waals surface area (Å²) in [7, 11) is 2.59. The molecule has 9 rings (SSSR count). The summed E-state index contributed by atoms with van der Waals surface area (Å²) in [6, 6.07) is 18.9. The van der Waals surface area contributed by atoms with Gasteiger partial charge in [0.2, 0.25) is 11.8 Å². The molecule has 3 aliphatic rings. The number of aromatic nitrogens is 4. The molecule has 61 heavy (non-hydrogen) atoms. The zero-order valence-electron chi connectivity index (χ0n) is 35.5. The number of carbonyl (C=O) groups excluding carboxylic acids is 4. The molecule has 4 amide bonds. The van der Waals surface area contributed by atoms with Crippen molar-refractivity contribution in [2.75, 3.05) is 27.3 Å². The number of ether oxygens (including phenoxy) is 2. The average Bonchev–Trinajstić information content (AvgIpc) is 3.83. The van der Waals surface area contributed by atoms with Crippen LogP contribution in [-0.4, -0.2) is 93.1 Å². The highest BCUT2D eigenvalue weighted by molar-refractivity contribution is 6.07. The summed E-state index contributed by atoms with van der Waals surface area (Å²) < 4.78 is 9.64. The van der Waals surface area contributed by atoms with Crippen LogP contribution in [0.5, 0.6) is 0 Å². The minimum absolute atomic E-state index is 0.118. The highest BCUT2D eigenvalue weighted by Gasteiger charge is 2.61. The van der Waals surface area contributed by atoms with Gasteiger partial charge in [-0.1, -0.05) is 77.6 Å². The Hall–Kier alpha value is -6.44. The van der Waals surface area contributed by atoms with Gasteiger partial charge in [0, 0.05) is 23.9 Å². The number of nitrogens with one attached hydrogen (secondary N) is 4. The summed E-state index contributed by atoms with van der Waals surface area (Å²) in [6.45, 7) is 15.3. The molecule has 316 valence electrons. The molecule has 0 spiro atoms. The molecule has 2 aromatic heterocycles. The van der Waals surface area contributed by atoms with Crippen LogP contribution in [0.15, 0.2) is 72.8 Å². The molecule has 4 aromatic carbocycles. The third-order valence-electron chi connectivity index (χ3n) is 13.3. The van der Waals surface area contributed by atoms with Crippen LogP contribution in [0.25, 0.3) is 54.7 Å². The van der Waals surface area contributed by atoms with E-state index in [9.17, 15) is 19.2 Å². The summed E-state index contributed by atoms with van der Waals surface area (Å²) in [6.07, 6.45) is -0.632. The number of piperidine rings is 1. The first kappa shape index (κ1) is 40.0. The van der Waals surface area contributed by atoms with Gasteiger partial charge in [-0.05, 0) is 87.7 Å². The first-order valence-corrected chi connectivity index (χ1v) is 21.1. The Morgan fingerprint density at radius 3 is 1.77 bits per heavy atom. The first-order chi connectivity index (χ1) is 29.3. The maximum Gasteiger partial charge on any atom is 0.407 e. The fraction of sp³-hybridized carbons (Fsp3) is 0.404. The molecule has 2 unspecified atom stereocenters. The summed E-state index contributed by atoms with van der Waals surface area (Å²) in [5.41, 5.74) is 6.43. The van der Waals surface area contributed by atoms with Crippen LogP contribution >= 0.6 is 0 Å². The van der Waals surface area contributed by atoms with E-state index in [4.69, 9.17) is 19.4 Å². The average molecular weight is 825 g/mol. The van der Waals surface area contributed by atoms with E-state index in [-0.39, 0.29) is 29.7 Å². The number of nitrogens with zero attached hydrogens (tertiary/aromatic N) is 4. The van der Waals surface area contributed by atoms with Gasteiger partial charge in [0.15, 0.2) is 0 Å². The van der Waals surface area contributed by atoms with Gasteiger partial charge < -0.3 is 39.9 Å².